The molecule has 0 aliphatic rings. The van der Waals surface area contributed by atoms with Crippen molar-refractivity contribution < 1.29 is 0 Å². The number of hydrogen-bond donors (Lipinski definition) is 0. The smallest absolute Gasteiger partial charge is 0.0178 e. The molecule has 7 heavy (non-hydrogen) atoms. The van der Waals surface area contributed by atoms with Crippen LogP contribution < -0.4 is 0 Å². The second-order valence-corrected chi connectivity index (χ2v) is 1.69. The van der Waals surface area contributed by atoms with Gasteiger partial charge in [0.25, 0.3) is 0 Å². The van der Waals surface area contributed by atoms with E-state index >= 15 is 0 Å². The highest BCUT2D eigenvalue weighted by Gasteiger charge is 1.78. The van der Waals surface area contributed by atoms with Crippen molar-refractivity contribution in [1.82, 2.24) is 0 Å². The molecule has 0 aliphatic heterocycles. The topological polar surface area (TPSA) is 0 Å². The van der Waals surface area contributed by atoms with Crippen molar-refractivity contribution in [2.24, 2.45) is 0 Å². The lowest BCUT2D eigenvalue weighted by Gasteiger charge is -1.82. The Hall–Kier alpha value is -0.230. The summed E-state index contributed by atoms with van der Waals surface area (Å²) in [5.74, 6) is 0. The summed E-state index contributed by atoms with van der Waals surface area (Å²) in [6.45, 7) is 5.49. The molecule has 40 valence electrons. The molecule has 0 aromatic carbocycles. The van der Waals surface area contributed by atoms with Crippen LogP contribution in [0.15, 0.2) is 23.8 Å². The average molecular weight is 117 g/mol. The van der Waals surface area contributed by atoms with Gasteiger partial charge >= 0.3 is 0 Å². The monoisotopic (exact) mass is 116 g/mol. The number of allylic oxidation sites excluding steroid dienone is 3. The maximum atomic E-state index is 5.56. The lowest BCUT2D eigenvalue weighted by atomic mass is 10.4. The van der Waals surface area contributed by atoms with Crippen molar-refractivity contribution in [3.05, 3.63) is 23.8 Å². The first kappa shape index (κ1) is 6.77. The van der Waals surface area contributed by atoms with E-state index in [1.54, 1.807) is 12.2 Å². The van der Waals surface area contributed by atoms with Crippen molar-refractivity contribution in [3.63, 3.8) is 0 Å². The fourth-order valence-electron chi connectivity index (χ4n) is 0.246. The minimum absolute atomic E-state index is 0.856. The number of rotatable bonds is 2. The van der Waals surface area contributed by atoms with E-state index in [2.05, 4.69) is 6.58 Å². The Bertz CT molecular complexity index is 82.2. The third-order valence-electron chi connectivity index (χ3n) is 0.636. The van der Waals surface area contributed by atoms with E-state index in [0.717, 1.165) is 11.5 Å². The predicted octanol–water partition coefficient (Wildman–Crippen LogP) is 2.71. The lowest BCUT2D eigenvalue weighted by molar-refractivity contribution is 1.19. The first-order valence-corrected chi connectivity index (χ1v) is 2.66. The average Bonchev–Trinajstić information content (AvgIpc) is 1.68. The fourth-order valence-corrected chi connectivity index (χ4v) is 0.335. The molecule has 0 nitrogen and oxygen atoms in total. The Morgan fingerprint density at radius 3 is 2.57 bits per heavy atom. The van der Waals surface area contributed by atoms with Crippen molar-refractivity contribution in [2.45, 2.75) is 13.3 Å². The Balaban J connectivity index is 3.49. The molecule has 0 radical (unpaired) electrons. The van der Waals surface area contributed by atoms with E-state index in [9.17, 15) is 0 Å². The van der Waals surface area contributed by atoms with Crippen molar-refractivity contribution in [2.75, 3.05) is 0 Å². The molecule has 0 amide bonds. The molecule has 0 saturated heterocycles. The summed E-state index contributed by atoms with van der Waals surface area (Å²) in [4.78, 5) is 0. The van der Waals surface area contributed by atoms with Gasteiger partial charge in [-0.15, -0.1) is 0 Å². The highest BCUT2D eigenvalue weighted by atomic mass is 35.5. The number of halogens is 1. The fraction of sp³-hybridized carbons (Fsp3) is 0.333. The molecule has 0 atom stereocenters. The van der Waals surface area contributed by atoms with E-state index in [-0.39, 0.29) is 0 Å². The van der Waals surface area contributed by atoms with Gasteiger partial charge in [-0.05, 0) is 12.5 Å². The molecule has 0 aromatic heterocycles. The molecule has 0 aliphatic carbocycles. The molecule has 0 saturated carbocycles. The third-order valence-corrected chi connectivity index (χ3v) is 1.03. The van der Waals surface area contributed by atoms with Gasteiger partial charge in [-0.2, -0.15) is 0 Å². The summed E-state index contributed by atoms with van der Waals surface area (Å²) in [6.07, 6.45) is 4.38. The van der Waals surface area contributed by atoms with Gasteiger partial charge in [-0.25, -0.2) is 0 Å². The SMILES string of the molecule is C=CC=C(Cl)CC. The van der Waals surface area contributed by atoms with E-state index in [0.29, 0.717) is 0 Å². The molecule has 0 spiro atoms. The van der Waals surface area contributed by atoms with E-state index in [1.165, 1.54) is 0 Å². The maximum Gasteiger partial charge on any atom is 0.0178 e. The van der Waals surface area contributed by atoms with Crippen LogP contribution in [0.4, 0.5) is 0 Å². The third kappa shape index (κ3) is 3.60. The summed E-state index contributed by atoms with van der Waals surface area (Å²) in [6, 6.07) is 0. The zero-order chi connectivity index (χ0) is 5.70. The van der Waals surface area contributed by atoms with Gasteiger partial charge in [0.2, 0.25) is 0 Å². The molecule has 0 rings (SSSR count). The van der Waals surface area contributed by atoms with Crippen LogP contribution in [0.3, 0.4) is 0 Å². The molecule has 1 heteroatoms. The van der Waals surface area contributed by atoms with Crippen molar-refractivity contribution in [3.8, 4) is 0 Å². The summed E-state index contributed by atoms with van der Waals surface area (Å²) in [5.41, 5.74) is 0. The van der Waals surface area contributed by atoms with Crippen molar-refractivity contribution in [1.29, 1.82) is 0 Å². The Morgan fingerprint density at radius 1 is 1.86 bits per heavy atom. The molecule has 0 bridgehead atoms. The van der Waals surface area contributed by atoms with Crippen LogP contribution in [0, 0.1) is 0 Å². The summed E-state index contributed by atoms with van der Waals surface area (Å²) >= 11 is 5.56. The Morgan fingerprint density at radius 2 is 2.43 bits per heavy atom. The molecular weight excluding hydrogens is 108 g/mol. The minimum Gasteiger partial charge on any atom is -0.0990 e. The van der Waals surface area contributed by atoms with Gasteiger partial charge in [0.05, 0.1) is 0 Å². The van der Waals surface area contributed by atoms with Gasteiger partial charge in [-0.3, -0.25) is 0 Å². The maximum absolute atomic E-state index is 5.56. The Kier molecular flexibility index (Phi) is 3.81. The normalized spacial score (nSPS) is 11.4. The molecule has 0 heterocycles. The Labute approximate surface area is 49.5 Å². The summed E-state index contributed by atoms with van der Waals surface area (Å²) in [5, 5.41) is 0.856. The predicted molar refractivity (Wildman–Crippen MR) is 34.4 cm³/mol. The van der Waals surface area contributed by atoms with Crippen LogP contribution in [-0.4, -0.2) is 0 Å². The lowest BCUT2D eigenvalue weighted by Crippen LogP contribution is -1.60. The van der Waals surface area contributed by atoms with Crippen LogP contribution in [0.2, 0.25) is 0 Å². The largest absolute Gasteiger partial charge is 0.0990 e. The zero-order valence-electron chi connectivity index (χ0n) is 4.45. The van der Waals surface area contributed by atoms with Crippen LogP contribution in [0.25, 0.3) is 0 Å². The van der Waals surface area contributed by atoms with E-state index < -0.39 is 0 Å². The van der Waals surface area contributed by atoms with E-state index in [4.69, 9.17) is 11.6 Å². The van der Waals surface area contributed by atoms with Gasteiger partial charge in [0, 0.05) is 5.03 Å². The molecule has 0 aromatic rings. The summed E-state index contributed by atoms with van der Waals surface area (Å²) < 4.78 is 0. The van der Waals surface area contributed by atoms with Gasteiger partial charge in [-0.1, -0.05) is 31.2 Å². The second-order valence-electron chi connectivity index (χ2n) is 1.20. The molecule has 0 unspecified atom stereocenters. The standard InChI is InChI=1S/C6H9Cl/c1-3-5-6(7)4-2/h3,5H,1,4H2,2H3. The highest BCUT2D eigenvalue weighted by molar-refractivity contribution is 6.29. The second kappa shape index (κ2) is 3.94. The van der Waals surface area contributed by atoms with Crippen molar-refractivity contribution >= 4 is 11.6 Å². The van der Waals surface area contributed by atoms with Crippen LogP contribution in [-0.2, 0) is 0 Å². The quantitative estimate of drug-likeness (QED) is 0.487. The van der Waals surface area contributed by atoms with Gasteiger partial charge < -0.3 is 0 Å². The molecule has 0 N–H and O–H groups in total. The number of hydrogen-bond acceptors (Lipinski definition) is 0. The van der Waals surface area contributed by atoms with Crippen LogP contribution in [0.1, 0.15) is 13.3 Å². The first-order valence-electron chi connectivity index (χ1n) is 2.28. The molecular formula is C6H9Cl. The van der Waals surface area contributed by atoms with Crippen LogP contribution in [0.5, 0.6) is 0 Å². The molecule has 0 fully saturated rings. The van der Waals surface area contributed by atoms with Gasteiger partial charge in [0.15, 0.2) is 0 Å². The summed E-state index contributed by atoms with van der Waals surface area (Å²) in [7, 11) is 0. The first-order chi connectivity index (χ1) is 3.31. The van der Waals surface area contributed by atoms with E-state index in [1.807, 2.05) is 6.92 Å². The van der Waals surface area contributed by atoms with Crippen LogP contribution >= 0.6 is 11.6 Å². The zero-order valence-corrected chi connectivity index (χ0v) is 5.20. The minimum atomic E-state index is 0.856. The highest BCUT2D eigenvalue weighted by Crippen LogP contribution is 2.04. The van der Waals surface area contributed by atoms with Gasteiger partial charge in [0.1, 0.15) is 0 Å².